The van der Waals surface area contributed by atoms with Gasteiger partial charge in [0.25, 0.3) is 0 Å². The Labute approximate surface area is 111 Å². The third kappa shape index (κ3) is 3.79. The predicted molar refractivity (Wildman–Crippen MR) is 70.8 cm³/mol. The number of hydrogen-bond acceptors (Lipinski definition) is 3. The van der Waals surface area contributed by atoms with Crippen LogP contribution in [0.5, 0.6) is 5.75 Å². The fourth-order valence-electron chi connectivity index (χ4n) is 1.60. The van der Waals surface area contributed by atoms with Crippen molar-refractivity contribution in [3.8, 4) is 5.75 Å². The molecule has 5 heteroatoms. The van der Waals surface area contributed by atoms with E-state index in [1.807, 2.05) is 0 Å². The molecule has 0 unspecified atom stereocenters. The van der Waals surface area contributed by atoms with E-state index < -0.39 is 15.9 Å². The monoisotopic (exact) mass is 280 g/mol. The Morgan fingerprint density at radius 3 is 2.32 bits per heavy atom. The molecule has 2 aromatic carbocycles. The van der Waals surface area contributed by atoms with Gasteiger partial charge >= 0.3 is 10.1 Å². The summed E-state index contributed by atoms with van der Waals surface area (Å²) in [5.74, 6) is -0.382. The third-order valence-corrected chi connectivity index (χ3v) is 3.69. The molecule has 0 saturated carbocycles. The van der Waals surface area contributed by atoms with Crippen molar-refractivity contribution < 1.29 is 17.0 Å². The van der Waals surface area contributed by atoms with Crippen molar-refractivity contribution in [3.63, 3.8) is 0 Å². The highest BCUT2D eigenvalue weighted by molar-refractivity contribution is 7.86. The zero-order valence-corrected chi connectivity index (χ0v) is 11.2. The third-order valence-electron chi connectivity index (χ3n) is 2.57. The van der Waals surface area contributed by atoms with Crippen LogP contribution in [0.15, 0.2) is 48.5 Å². The molecular weight excluding hydrogens is 267 g/mol. The molecule has 0 aliphatic rings. The summed E-state index contributed by atoms with van der Waals surface area (Å²) in [6.07, 6.45) is 0. The second-order valence-corrected chi connectivity index (χ2v) is 5.75. The Bertz CT molecular complexity index is 663. The topological polar surface area (TPSA) is 43.4 Å². The van der Waals surface area contributed by atoms with Crippen molar-refractivity contribution in [1.82, 2.24) is 0 Å². The first-order chi connectivity index (χ1) is 8.96. The van der Waals surface area contributed by atoms with Gasteiger partial charge in [0.2, 0.25) is 0 Å². The standard InChI is InChI=1S/C14H13FO3S/c1-11-4-2-3-5-14(11)18-19(16,17)10-12-6-8-13(15)9-7-12/h2-9H,10H2,1H3. The number of halogens is 1. The zero-order valence-electron chi connectivity index (χ0n) is 10.3. The average Bonchev–Trinajstić information content (AvgIpc) is 2.35. The summed E-state index contributed by atoms with van der Waals surface area (Å²) in [4.78, 5) is 0. The Kier molecular flexibility index (Phi) is 3.85. The van der Waals surface area contributed by atoms with Crippen LogP contribution < -0.4 is 4.18 Å². The molecule has 0 bridgehead atoms. The van der Waals surface area contributed by atoms with Crippen LogP contribution in [-0.2, 0) is 15.9 Å². The minimum absolute atomic E-state index is 0.290. The van der Waals surface area contributed by atoms with Gasteiger partial charge in [-0.2, -0.15) is 8.42 Å². The molecule has 19 heavy (non-hydrogen) atoms. The first-order valence-electron chi connectivity index (χ1n) is 5.68. The summed E-state index contributed by atoms with van der Waals surface area (Å²) in [6.45, 7) is 1.77. The summed E-state index contributed by atoms with van der Waals surface area (Å²) in [5.41, 5.74) is 1.22. The molecule has 3 nitrogen and oxygen atoms in total. The van der Waals surface area contributed by atoms with Crippen LogP contribution in [0.4, 0.5) is 4.39 Å². The van der Waals surface area contributed by atoms with Crippen molar-refractivity contribution in [1.29, 1.82) is 0 Å². The van der Waals surface area contributed by atoms with Crippen LogP contribution >= 0.6 is 0 Å². The van der Waals surface area contributed by atoms with Gasteiger partial charge < -0.3 is 4.18 Å². The van der Waals surface area contributed by atoms with E-state index in [0.717, 1.165) is 5.56 Å². The van der Waals surface area contributed by atoms with Gasteiger partial charge in [-0.3, -0.25) is 0 Å². The van der Waals surface area contributed by atoms with E-state index in [2.05, 4.69) is 0 Å². The normalized spacial score (nSPS) is 11.3. The molecule has 0 atom stereocenters. The Morgan fingerprint density at radius 1 is 1.05 bits per heavy atom. The Hall–Kier alpha value is -1.88. The van der Waals surface area contributed by atoms with Crippen LogP contribution in [0, 0.1) is 12.7 Å². The Morgan fingerprint density at radius 2 is 1.68 bits per heavy atom. The van der Waals surface area contributed by atoms with Crippen molar-refractivity contribution in [2.75, 3.05) is 0 Å². The van der Waals surface area contributed by atoms with Gasteiger partial charge in [-0.05, 0) is 36.2 Å². The minimum Gasteiger partial charge on any atom is -0.382 e. The molecule has 0 amide bonds. The molecule has 0 heterocycles. The first kappa shape index (κ1) is 13.5. The van der Waals surface area contributed by atoms with Gasteiger partial charge in [-0.15, -0.1) is 0 Å². The number of para-hydroxylation sites is 1. The second-order valence-electron chi connectivity index (χ2n) is 4.18. The van der Waals surface area contributed by atoms with E-state index in [1.54, 1.807) is 31.2 Å². The minimum atomic E-state index is -3.75. The fourth-order valence-corrected chi connectivity index (χ4v) is 2.72. The number of benzene rings is 2. The van der Waals surface area contributed by atoms with Gasteiger partial charge in [0.15, 0.2) is 0 Å². The van der Waals surface area contributed by atoms with Crippen LogP contribution in [0.25, 0.3) is 0 Å². The largest absolute Gasteiger partial charge is 0.382 e. The van der Waals surface area contributed by atoms with E-state index in [0.29, 0.717) is 11.3 Å². The Balaban J connectivity index is 2.15. The van der Waals surface area contributed by atoms with E-state index in [1.165, 1.54) is 24.3 Å². The molecule has 0 N–H and O–H groups in total. The van der Waals surface area contributed by atoms with Crippen LogP contribution in [-0.4, -0.2) is 8.42 Å². The molecular formula is C14H13FO3S. The van der Waals surface area contributed by atoms with Crippen LogP contribution in [0.3, 0.4) is 0 Å². The lowest BCUT2D eigenvalue weighted by Gasteiger charge is -2.09. The summed E-state index contributed by atoms with van der Waals surface area (Å²) in [5, 5.41) is 0. The number of rotatable bonds is 4. The summed E-state index contributed by atoms with van der Waals surface area (Å²) >= 11 is 0. The molecule has 0 saturated heterocycles. The van der Waals surface area contributed by atoms with Crippen molar-refractivity contribution in [3.05, 3.63) is 65.5 Å². The highest BCUT2D eigenvalue weighted by Crippen LogP contribution is 2.20. The van der Waals surface area contributed by atoms with E-state index in [9.17, 15) is 12.8 Å². The molecule has 0 spiro atoms. The number of aryl methyl sites for hydroxylation is 1. The lowest BCUT2D eigenvalue weighted by atomic mass is 10.2. The summed E-state index contributed by atoms with van der Waals surface area (Å²) in [7, 11) is -3.75. The molecule has 100 valence electrons. The molecule has 0 aromatic heterocycles. The van der Waals surface area contributed by atoms with Crippen molar-refractivity contribution in [2.45, 2.75) is 12.7 Å². The molecule has 0 fully saturated rings. The predicted octanol–water partition coefficient (Wildman–Crippen LogP) is 3.04. The average molecular weight is 280 g/mol. The van der Waals surface area contributed by atoms with Gasteiger partial charge in [0.1, 0.15) is 17.3 Å². The molecule has 0 aliphatic heterocycles. The molecule has 0 radical (unpaired) electrons. The first-order valence-corrected chi connectivity index (χ1v) is 7.26. The van der Waals surface area contributed by atoms with E-state index in [4.69, 9.17) is 4.18 Å². The SMILES string of the molecule is Cc1ccccc1OS(=O)(=O)Cc1ccc(F)cc1. The maximum Gasteiger partial charge on any atom is 0.313 e. The summed E-state index contributed by atoms with van der Waals surface area (Å²) < 4.78 is 41.6. The smallest absolute Gasteiger partial charge is 0.313 e. The number of hydrogen-bond donors (Lipinski definition) is 0. The van der Waals surface area contributed by atoms with Gasteiger partial charge in [-0.25, -0.2) is 4.39 Å². The van der Waals surface area contributed by atoms with Crippen LogP contribution in [0.2, 0.25) is 0 Å². The fraction of sp³-hybridized carbons (Fsp3) is 0.143. The van der Waals surface area contributed by atoms with Gasteiger partial charge in [0.05, 0.1) is 0 Å². The quantitative estimate of drug-likeness (QED) is 0.808. The lowest BCUT2D eigenvalue weighted by molar-refractivity contribution is 0.483. The van der Waals surface area contributed by atoms with E-state index >= 15 is 0 Å². The van der Waals surface area contributed by atoms with Gasteiger partial charge in [0, 0.05) is 0 Å². The zero-order chi connectivity index (χ0) is 13.9. The highest BCUT2D eigenvalue weighted by atomic mass is 32.2. The lowest BCUT2D eigenvalue weighted by Crippen LogP contribution is -2.12. The maximum atomic E-state index is 12.7. The second kappa shape index (κ2) is 5.40. The van der Waals surface area contributed by atoms with Crippen LogP contribution in [0.1, 0.15) is 11.1 Å². The highest BCUT2D eigenvalue weighted by Gasteiger charge is 2.15. The van der Waals surface area contributed by atoms with Gasteiger partial charge in [-0.1, -0.05) is 30.3 Å². The molecule has 2 aromatic rings. The maximum absolute atomic E-state index is 12.7. The van der Waals surface area contributed by atoms with Crippen molar-refractivity contribution >= 4 is 10.1 Å². The summed E-state index contributed by atoms with van der Waals surface area (Å²) in [6, 6.07) is 12.2. The molecule has 0 aliphatic carbocycles. The molecule has 2 rings (SSSR count). The van der Waals surface area contributed by atoms with Crippen molar-refractivity contribution in [2.24, 2.45) is 0 Å². The van der Waals surface area contributed by atoms with E-state index in [-0.39, 0.29) is 5.75 Å².